The molecular weight excluding hydrogens is 372 g/mol. The molecule has 3 aromatic rings. The Kier molecular flexibility index (Phi) is 5.65. The highest BCUT2D eigenvalue weighted by atomic mass is 16.5. The first-order valence-corrected chi connectivity index (χ1v) is 9.23. The minimum Gasteiger partial charge on any atom is -0.465 e. The largest absolute Gasteiger partial charge is 0.465 e. The molecule has 2 aromatic heterocycles. The molecule has 1 aromatic carbocycles. The van der Waals surface area contributed by atoms with Gasteiger partial charge in [0.1, 0.15) is 5.69 Å². The molecule has 3 rings (SSSR count). The van der Waals surface area contributed by atoms with Gasteiger partial charge >= 0.3 is 5.97 Å². The van der Waals surface area contributed by atoms with Gasteiger partial charge in [0.15, 0.2) is 0 Å². The summed E-state index contributed by atoms with van der Waals surface area (Å²) >= 11 is 0. The number of carbonyl (C=O) groups excluding carboxylic acids is 2. The average molecular weight is 396 g/mol. The zero-order valence-electron chi connectivity index (χ0n) is 16.9. The maximum atomic E-state index is 12.6. The molecule has 0 saturated carbocycles. The molecule has 8 nitrogen and oxygen atoms in total. The van der Waals surface area contributed by atoms with Crippen molar-refractivity contribution in [3.63, 3.8) is 0 Å². The van der Waals surface area contributed by atoms with Crippen LogP contribution >= 0.6 is 0 Å². The van der Waals surface area contributed by atoms with Gasteiger partial charge in [-0.05, 0) is 51.5 Å². The number of esters is 1. The molecular formula is C21H24N4O4. The van der Waals surface area contributed by atoms with Crippen LogP contribution in [0.5, 0.6) is 0 Å². The van der Waals surface area contributed by atoms with Gasteiger partial charge in [-0.2, -0.15) is 5.10 Å². The third-order valence-electron chi connectivity index (χ3n) is 4.42. The molecule has 2 N–H and O–H groups in total. The highest BCUT2D eigenvalue weighted by Crippen LogP contribution is 2.25. The lowest BCUT2D eigenvalue weighted by molar-refractivity contribution is 0.0601. The smallest absolute Gasteiger partial charge is 0.340 e. The van der Waals surface area contributed by atoms with E-state index in [0.29, 0.717) is 24.2 Å². The number of carbonyl (C=O) groups is 2. The third kappa shape index (κ3) is 4.97. The fourth-order valence-electron chi connectivity index (χ4n) is 2.86. The number of rotatable bonds is 6. The van der Waals surface area contributed by atoms with Crippen LogP contribution in [0.3, 0.4) is 0 Å². The number of benzene rings is 1. The molecule has 0 unspecified atom stereocenters. The van der Waals surface area contributed by atoms with E-state index in [4.69, 9.17) is 4.74 Å². The maximum Gasteiger partial charge on any atom is 0.340 e. The highest BCUT2D eigenvalue weighted by Gasteiger charge is 2.19. The SMILES string of the molecule is COC(=O)c1cc2nn(CCC(C)(C)O)cc2cc1NC(=O)c1cccc(C)n1. The van der Waals surface area contributed by atoms with Crippen molar-refractivity contribution in [1.29, 1.82) is 0 Å². The van der Waals surface area contributed by atoms with Crippen molar-refractivity contribution in [2.24, 2.45) is 0 Å². The Balaban J connectivity index is 1.95. The van der Waals surface area contributed by atoms with Gasteiger partial charge in [-0.1, -0.05) is 6.07 Å². The van der Waals surface area contributed by atoms with E-state index < -0.39 is 17.5 Å². The topological polar surface area (TPSA) is 106 Å². The molecule has 0 spiro atoms. The highest BCUT2D eigenvalue weighted by molar-refractivity contribution is 6.09. The fourth-order valence-corrected chi connectivity index (χ4v) is 2.86. The maximum absolute atomic E-state index is 12.6. The van der Waals surface area contributed by atoms with E-state index in [-0.39, 0.29) is 11.3 Å². The zero-order valence-corrected chi connectivity index (χ0v) is 16.9. The lowest BCUT2D eigenvalue weighted by Crippen LogP contribution is -2.21. The number of nitrogens with one attached hydrogen (secondary N) is 1. The van der Waals surface area contributed by atoms with Crippen molar-refractivity contribution >= 4 is 28.5 Å². The molecule has 29 heavy (non-hydrogen) atoms. The van der Waals surface area contributed by atoms with Gasteiger partial charge < -0.3 is 15.2 Å². The second-order valence-corrected chi connectivity index (χ2v) is 7.52. The number of amides is 1. The number of ether oxygens (including phenoxy) is 1. The van der Waals surface area contributed by atoms with Crippen molar-refractivity contribution in [3.05, 3.63) is 53.5 Å². The molecule has 8 heteroatoms. The number of fused-ring (bicyclic) bond motifs is 1. The molecule has 0 bridgehead atoms. The van der Waals surface area contributed by atoms with E-state index in [1.54, 1.807) is 55.8 Å². The Hall–Kier alpha value is -3.26. The number of hydrogen-bond acceptors (Lipinski definition) is 6. The molecule has 0 aliphatic rings. The Morgan fingerprint density at radius 1 is 1.28 bits per heavy atom. The summed E-state index contributed by atoms with van der Waals surface area (Å²) in [6.45, 7) is 5.78. The number of methoxy groups -OCH3 is 1. The number of hydrogen-bond donors (Lipinski definition) is 2. The van der Waals surface area contributed by atoms with Crippen LogP contribution in [-0.4, -0.2) is 44.5 Å². The van der Waals surface area contributed by atoms with Crippen molar-refractivity contribution in [2.75, 3.05) is 12.4 Å². The van der Waals surface area contributed by atoms with E-state index >= 15 is 0 Å². The van der Waals surface area contributed by atoms with Gasteiger partial charge in [-0.25, -0.2) is 9.78 Å². The summed E-state index contributed by atoms with van der Waals surface area (Å²) in [5, 5.41) is 17.9. The zero-order chi connectivity index (χ0) is 21.2. The first kappa shape index (κ1) is 20.5. The van der Waals surface area contributed by atoms with Crippen LogP contribution in [0.4, 0.5) is 5.69 Å². The molecule has 1 amide bonds. The molecule has 0 aliphatic heterocycles. The summed E-state index contributed by atoms with van der Waals surface area (Å²) in [5.41, 5.74) is 1.27. The second kappa shape index (κ2) is 8.00. The minimum absolute atomic E-state index is 0.203. The van der Waals surface area contributed by atoms with Gasteiger partial charge in [-0.3, -0.25) is 9.48 Å². The van der Waals surface area contributed by atoms with Crippen LogP contribution in [0.2, 0.25) is 0 Å². The van der Waals surface area contributed by atoms with Crippen molar-refractivity contribution in [2.45, 2.75) is 39.3 Å². The van der Waals surface area contributed by atoms with E-state index in [1.165, 1.54) is 7.11 Å². The number of aliphatic hydroxyl groups is 1. The number of pyridine rings is 1. The minimum atomic E-state index is -0.810. The Morgan fingerprint density at radius 2 is 2.03 bits per heavy atom. The molecule has 0 aliphatic carbocycles. The predicted octanol–water partition coefficient (Wildman–Crippen LogP) is 2.94. The van der Waals surface area contributed by atoms with Gasteiger partial charge in [0.25, 0.3) is 5.91 Å². The number of aryl methyl sites for hydroxylation is 2. The Labute approximate surface area is 168 Å². The lowest BCUT2D eigenvalue weighted by atomic mass is 10.1. The van der Waals surface area contributed by atoms with Crippen molar-refractivity contribution in [1.82, 2.24) is 14.8 Å². The first-order chi connectivity index (χ1) is 13.7. The third-order valence-corrected chi connectivity index (χ3v) is 4.42. The number of nitrogens with zero attached hydrogens (tertiary/aromatic N) is 3. The fraction of sp³-hybridized carbons (Fsp3) is 0.333. The summed E-state index contributed by atoms with van der Waals surface area (Å²) in [6.07, 6.45) is 2.33. The molecule has 0 radical (unpaired) electrons. The Morgan fingerprint density at radius 3 is 2.69 bits per heavy atom. The first-order valence-electron chi connectivity index (χ1n) is 9.23. The van der Waals surface area contributed by atoms with E-state index in [2.05, 4.69) is 15.4 Å². The molecule has 0 atom stereocenters. The second-order valence-electron chi connectivity index (χ2n) is 7.52. The summed E-state index contributed by atoms with van der Waals surface area (Å²) < 4.78 is 6.56. The monoisotopic (exact) mass is 396 g/mol. The Bertz CT molecular complexity index is 1070. The van der Waals surface area contributed by atoms with Gasteiger partial charge in [0, 0.05) is 23.8 Å². The normalized spacial score (nSPS) is 11.5. The summed E-state index contributed by atoms with van der Waals surface area (Å²) in [5.74, 6) is -1.00. The van der Waals surface area contributed by atoms with Crippen LogP contribution in [-0.2, 0) is 11.3 Å². The van der Waals surface area contributed by atoms with Crippen LogP contribution in [0.25, 0.3) is 10.9 Å². The number of aromatic nitrogens is 3. The summed E-state index contributed by atoms with van der Waals surface area (Å²) in [7, 11) is 1.28. The van der Waals surface area contributed by atoms with E-state index in [1.807, 2.05) is 6.20 Å². The van der Waals surface area contributed by atoms with Crippen LogP contribution in [0.15, 0.2) is 36.5 Å². The summed E-state index contributed by atoms with van der Waals surface area (Å²) in [4.78, 5) is 29.1. The lowest BCUT2D eigenvalue weighted by Gasteiger charge is -2.16. The summed E-state index contributed by atoms with van der Waals surface area (Å²) in [6, 6.07) is 8.41. The quantitative estimate of drug-likeness (QED) is 0.621. The molecule has 152 valence electrons. The molecule has 0 fully saturated rings. The van der Waals surface area contributed by atoms with Gasteiger partial charge in [0.05, 0.1) is 29.5 Å². The van der Waals surface area contributed by atoms with Crippen LogP contribution in [0, 0.1) is 6.92 Å². The average Bonchev–Trinajstić information content (AvgIpc) is 3.06. The van der Waals surface area contributed by atoms with Crippen molar-refractivity contribution in [3.8, 4) is 0 Å². The molecule has 0 saturated heterocycles. The number of anilines is 1. The van der Waals surface area contributed by atoms with Crippen molar-refractivity contribution < 1.29 is 19.4 Å². The predicted molar refractivity (Wildman–Crippen MR) is 109 cm³/mol. The van der Waals surface area contributed by atoms with E-state index in [9.17, 15) is 14.7 Å². The van der Waals surface area contributed by atoms with Crippen LogP contribution < -0.4 is 5.32 Å². The standard InChI is InChI=1S/C21H24N4O4/c1-13-6-5-7-16(22-13)19(26)23-18-10-14-12-25(9-8-21(2,3)28)24-17(14)11-15(18)20(27)29-4/h5-7,10-12,28H,8-9H2,1-4H3,(H,23,26). The van der Waals surface area contributed by atoms with Gasteiger partial charge in [0.2, 0.25) is 0 Å². The van der Waals surface area contributed by atoms with Gasteiger partial charge in [-0.15, -0.1) is 0 Å². The molecule has 2 heterocycles. The van der Waals surface area contributed by atoms with Crippen LogP contribution in [0.1, 0.15) is 46.8 Å². The van der Waals surface area contributed by atoms with E-state index in [0.717, 1.165) is 11.1 Å².